The molecule has 1 heterocycles. The number of thioether (sulfide) groups is 1. The van der Waals surface area contributed by atoms with Crippen molar-refractivity contribution in [2.75, 3.05) is 10.7 Å². The van der Waals surface area contributed by atoms with Crippen LogP contribution in [0.4, 0.5) is 19.6 Å². The summed E-state index contributed by atoms with van der Waals surface area (Å²) < 4.78 is 26.7. The van der Waals surface area contributed by atoms with E-state index in [1.165, 1.54) is 28.4 Å². The highest BCUT2D eigenvalue weighted by Crippen LogP contribution is 2.30. The zero-order chi connectivity index (χ0) is 17.8. The van der Waals surface area contributed by atoms with E-state index in [1.807, 2.05) is 42.6 Å². The second-order valence-electron chi connectivity index (χ2n) is 5.20. The molecule has 0 atom stereocenters. The van der Waals surface area contributed by atoms with Crippen molar-refractivity contribution in [2.24, 2.45) is 0 Å². The van der Waals surface area contributed by atoms with E-state index in [1.54, 1.807) is 0 Å². The quantitative estimate of drug-likeness (QED) is 0.575. The Morgan fingerprint density at radius 2 is 1.96 bits per heavy atom. The molecule has 0 aliphatic carbocycles. The molecule has 0 saturated carbocycles. The highest BCUT2D eigenvalue weighted by molar-refractivity contribution is 8.00. The summed E-state index contributed by atoms with van der Waals surface area (Å²) in [6, 6.07) is 12.5. The third kappa shape index (κ3) is 4.24. The molecule has 0 bridgehead atoms. The van der Waals surface area contributed by atoms with Gasteiger partial charge in [0.2, 0.25) is 5.91 Å². The molecule has 0 N–H and O–H groups in total. The van der Waals surface area contributed by atoms with Crippen molar-refractivity contribution in [2.45, 2.75) is 11.8 Å². The third-order valence-corrected chi connectivity index (χ3v) is 5.28. The van der Waals surface area contributed by atoms with Crippen LogP contribution in [-0.2, 0) is 4.79 Å². The highest BCUT2D eigenvalue weighted by Gasteiger charge is 2.21. The van der Waals surface area contributed by atoms with Gasteiger partial charge in [0.25, 0.3) is 0 Å². The van der Waals surface area contributed by atoms with Crippen LogP contribution in [0.25, 0.3) is 0 Å². The molecule has 7 heteroatoms. The molecular weight excluding hydrogens is 362 g/mol. The molecule has 3 rings (SSSR count). The lowest BCUT2D eigenvalue weighted by molar-refractivity contribution is -0.115. The first kappa shape index (κ1) is 17.6. The maximum Gasteiger partial charge on any atom is 0.243 e. The van der Waals surface area contributed by atoms with Crippen LogP contribution >= 0.6 is 23.1 Å². The Morgan fingerprint density at radius 1 is 1.20 bits per heavy atom. The van der Waals surface area contributed by atoms with Crippen molar-refractivity contribution >= 4 is 39.8 Å². The summed E-state index contributed by atoms with van der Waals surface area (Å²) in [4.78, 5) is 18.9. The summed E-state index contributed by atoms with van der Waals surface area (Å²) in [5.74, 6) is -1.53. The maximum atomic E-state index is 13.8. The molecule has 1 aromatic heterocycles. The Hall–Kier alpha value is -2.25. The number of rotatable bonds is 5. The predicted molar refractivity (Wildman–Crippen MR) is 97.5 cm³/mol. The monoisotopic (exact) mass is 376 g/mol. The fourth-order valence-electron chi connectivity index (χ4n) is 2.18. The van der Waals surface area contributed by atoms with Gasteiger partial charge < -0.3 is 0 Å². The van der Waals surface area contributed by atoms with Gasteiger partial charge in [-0.05, 0) is 31.2 Å². The fourth-order valence-corrected chi connectivity index (χ4v) is 3.79. The topological polar surface area (TPSA) is 33.2 Å². The zero-order valence-electron chi connectivity index (χ0n) is 13.3. The number of thiazole rings is 1. The van der Waals surface area contributed by atoms with E-state index in [0.717, 1.165) is 23.5 Å². The largest absolute Gasteiger partial charge is 0.273 e. The van der Waals surface area contributed by atoms with Crippen LogP contribution in [0.5, 0.6) is 0 Å². The standard InChI is InChI=1S/C18H14F2N2OS2/c1-12-10-25-18(21-12)22(14-5-3-2-4-6-14)17(23)11-24-16-8-7-13(19)9-15(16)20/h2-10H,11H2,1H3. The number of aromatic nitrogens is 1. The fraction of sp³-hybridized carbons (Fsp3) is 0.111. The van der Waals surface area contributed by atoms with Gasteiger partial charge in [-0.1, -0.05) is 18.2 Å². The van der Waals surface area contributed by atoms with Gasteiger partial charge in [-0.3, -0.25) is 9.69 Å². The lowest BCUT2D eigenvalue weighted by atomic mass is 10.3. The number of carbonyl (C=O) groups excluding carboxylic acids is 1. The van der Waals surface area contributed by atoms with Gasteiger partial charge in [0.05, 0.1) is 17.1 Å². The molecule has 1 amide bonds. The van der Waals surface area contributed by atoms with E-state index in [-0.39, 0.29) is 16.6 Å². The number of aryl methyl sites for hydroxylation is 1. The van der Waals surface area contributed by atoms with Gasteiger partial charge >= 0.3 is 0 Å². The molecule has 2 aromatic carbocycles. The van der Waals surface area contributed by atoms with Crippen molar-refractivity contribution in [1.82, 2.24) is 4.98 Å². The Labute approximate surface area is 152 Å². The maximum absolute atomic E-state index is 13.8. The molecule has 128 valence electrons. The van der Waals surface area contributed by atoms with Crippen molar-refractivity contribution in [3.63, 3.8) is 0 Å². The van der Waals surface area contributed by atoms with E-state index in [0.29, 0.717) is 10.8 Å². The highest BCUT2D eigenvalue weighted by atomic mass is 32.2. The Balaban J connectivity index is 1.82. The summed E-state index contributed by atoms with van der Waals surface area (Å²) in [5, 5.41) is 2.43. The minimum Gasteiger partial charge on any atom is -0.273 e. The number of carbonyl (C=O) groups is 1. The lowest BCUT2D eigenvalue weighted by Gasteiger charge is -2.20. The smallest absolute Gasteiger partial charge is 0.243 e. The first-order chi connectivity index (χ1) is 12.0. The number of benzene rings is 2. The molecule has 0 unspecified atom stereocenters. The zero-order valence-corrected chi connectivity index (χ0v) is 14.9. The normalized spacial score (nSPS) is 10.7. The molecule has 0 spiro atoms. The Kier molecular flexibility index (Phi) is 5.45. The summed E-state index contributed by atoms with van der Waals surface area (Å²) >= 11 is 2.40. The molecule has 0 aliphatic rings. The van der Waals surface area contributed by atoms with Gasteiger partial charge in [-0.15, -0.1) is 23.1 Å². The molecule has 3 aromatic rings. The van der Waals surface area contributed by atoms with Crippen LogP contribution in [0.1, 0.15) is 5.69 Å². The first-order valence-electron chi connectivity index (χ1n) is 7.42. The summed E-state index contributed by atoms with van der Waals surface area (Å²) in [6.07, 6.45) is 0. The summed E-state index contributed by atoms with van der Waals surface area (Å²) in [5.41, 5.74) is 1.52. The average Bonchev–Trinajstić information content (AvgIpc) is 3.01. The number of anilines is 2. The van der Waals surface area contributed by atoms with E-state index in [2.05, 4.69) is 4.98 Å². The number of para-hydroxylation sites is 1. The van der Waals surface area contributed by atoms with Crippen LogP contribution < -0.4 is 4.90 Å². The number of nitrogens with zero attached hydrogens (tertiary/aromatic N) is 2. The van der Waals surface area contributed by atoms with Gasteiger partial charge in [-0.2, -0.15) is 0 Å². The molecule has 0 saturated heterocycles. The predicted octanol–water partition coefficient (Wildman–Crippen LogP) is 5.19. The number of halogens is 2. The van der Waals surface area contributed by atoms with E-state index in [4.69, 9.17) is 0 Å². The molecule has 0 radical (unpaired) electrons. The van der Waals surface area contributed by atoms with E-state index < -0.39 is 11.6 Å². The molecular formula is C18H14F2N2OS2. The minimum atomic E-state index is -0.672. The molecule has 0 fully saturated rings. The molecule has 25 heavy (non-hydrogen) atoms. The Morgan fingerprint density at radius 3 is 2.60 bits per heavy atom. The third-order valence-electron chi connectivity index (χ3n) is 3.31. The second kappa shape index (κ2) is 7.76. The van der Waals surface area contributed by atoms with Gasteiger partial charge in [-0.25, -0.2) is 13.8 Å². The number of amides is 1. The van der Waals surface area contributed by atoms with E-state index in [9.17, 15) is 13.6 Å². The van der Waals surface area contributed by atoms with Gasteiger partial charge in [0.1, 0.15) is 11.6 Å². The van der Waals surface area contributed by atoms with Crippen molar-refractivity contribution in [3.8, 4) is 0 Å². The van der Waals surface area contributed by atoms with Crippen LogP contribution in [0.3, 0.4) is 0 Å². The van der Waals surface area contributed by atoms with Crippen molar-refractivity contribution < 1.29 is 13.6 Å². The van der Waals surface area contributed by atoms with Crippen LogP contribution in [0, 0.1) is 18.6 Å². The lowest BCUT2D eigenvalue weighted by Crippen LogP contribution is -2.27. The second-order valence-corrected chi connectivity index (χ2v) is 7.05. The SMILES string of the molecule is Cc1csc(N(C(=O)CSc2ccc(F)cc2F)c2ccccc2)n1. The van der Waals surface area contributed by atoms with Crippen LogP contribution in [-0.4, -0.2) is 16.6 Å². The average molecular weight is 376 g/mol. The van der Waals surface area contributed by atoms with Gasteiger partial charge in [0, 0.05) is 16.3 Å². The van der Waals surface area contributed by atoms with Crippen LogP contribution in [0.15, 0.2) is 58.8 Å². The molecule has 0 aliphatic heterocycles. The number of hydrogen-bond acceptors (Lipinski definition) is 4. The van der Waals surface area contributed by atoms with E-state index >= 15 is 0 Å². The summed E-state index contributed by atoms with van der Waals surface area (Å²) in [6.45, 7) is 1.86. The van der Waals surface area contributed by atoms with Crippen molar-refractivity contribution in [3.05, 3.63) is 71.2 Å². The Bertz CT molecular complexity index is 884. The van der Waals surface area contributed by atoms with Crippen molar-refractivity contribution in [1.29, 1.82) is 0 Å². The minimum absolute atomic E-state index is 0.00999. The summed E-state index contributed by atoms with van der Waals surface area (Å²) in [7, 11) is 0. The molecule has 3 nitrogen and oxygen atoms in total. The first-order valence-corrected chi connectivity index (χ1v) is 9.29. The van der Waals surface area contributed by atoms with Crippen LogP contribution in [0.2, 0.25) is 0 Å². The number of hydrogen-bond donors (Lipinski definition) is 0. The van der Waals surface area contributed by atoms with Gasteiger partial charge in [0.15, 0.2) is 5.13 Å².